The van der Waals surface area contributed by atoms with Crippen LogP contribution in [0.5, 0.6) is 0 Å². The van der Waals surface area contributed by atoms with Gasteiger partial charge in [0.15, 0.2) is 5.96 Å². The van der Waals surface area contributed by atoms with Gasteiger partial charge in [0.25, 0.3) is 0 Å². The number of morpholine rings is 1. The number of rotatable bonds is 12. The fourth-order valence-corrected chi connectivity index (χ4v) is 3.04. The number of halogens is 1. The first-order chi connectivity index (χ1) is 12.2. The molecule has 0 aromatic carbocycles. The van der Waals surface area contributed by atoms with Crippen molar-refractivity contribution in [3.8, 4) is 0 Å². The Morgan fingerprint density at radius 3 is 2.50 bits per heavy atom. The van der Waals surface area contributed by atoms with Crippen LogP contribution in [0, 0.1) is 5.92 Å². The maximum atomic E-state index is 5.50. The second-order valence-corrected chi connectivity index (χ2v) is 6.98. The summed E-state index contributed by atoms with van der Waals surface area (Å²) in [4.78, 5) is 7.40. The van der Waals surface area contributed by atoms with E-state index in [0.717, 1.165) is 78.0 Å². The average Bonchev–Trinajstić information content (AvgIpc) is 2.61. The van der Waals surface area contributed by atoms with E-state index in [1.54, 1.807) is 0 Å². The molecule has 7 heteroatoms. The molecule has 1 aliphatic rings. The van der Waals surface area contributed by atoms with Crippen LogP contribution in [0.4, 0.5) is 0 Å². The predicted octanol–water partition coefficient (Wildman–Crippen LogP) is 2.72. The van der Waals surface area contributed by atoms with Crippen molar-refractivity contribution in [3.63, 3.8) is 0 Å². The quantitative estimate of drug-likeness (QED) is 0.193. The largest absolute Gasteiger partial charge is 0.382 e. The Morgan fingerprint density at radius 2 is 1.88 bits per heavy atom. The van der Waals surface area contributed by atoms with Gasteiger partial charge < -0.3 is 20.1 Å². The van der Waals surface area contributed by atoms with Gasteiger partial charge in [0.05, 0.1) is 19.8 Å². The third kappa shape index (κ3) is 12.3. The highest BCUT2D eigenvalue weighted by Crippen LogP contribution is 2.14. The molecule has 6 nitrogen and oxygen atoms in total. The van der Waals surface area contributed by atoms with Crippen LogP contribution in [0.1, 0.15) is 47.0 Å². The number of ether oxygens (including phenoxy) is 2. The lowest BCUT2D eigenvalue weighted by molar-refractivity contribution is 0.0143. The molecule has 0 aromatic heterocycles. The maximum absolute atomic E-state index is 5.50. The summed E-state index contributed by atoms with van der Waals surface area (Å²) in [5, 5.41) is 6.81. The fourth-order valence-electron chi connectivity index (χ4n) is 3.04. The summed E-state index contributed by atoms with van der Waals surface area (Å²) < 4.78 is 10.9. The third-order valence-corrected chi connectivity index (χ3v) is 4.32. The van der Waals surface area contributed by atoms with Crippen LogP contribution in [0.15, 0.2) is 4.99 Å². The Balaban J connectivity index is 0.00000625. The van der Waals surface area contributed by atoms with Gasteiger partial charge in [-0.3, -0.25) is 9.89 Å². The van der Waals surface area contributed by atoms with Gasteiger partial charge in [-0.05, 0) is 39.0 Å². The van der Waals surface area contributed by atoms with Crippen molar-refractivity contribution in [2.75, 3.05) is 59.2 Å². The maximum Gasteiger partial charge on any atom is 0.191 e. The van der Waals surface area contributed by atoms with E-state index in [9.17, 15) is 0 Å². The standard InChI is InChI=1S/C19H40N4O2.HI/c1-5-20-19(21-9-7-8-12-24-6-2)22-16-18(15-17(3)4)23-10-13-25-14-11-23;/h17-18H,5-16H2,1-4H3,(H2,20,21,22);1H. The highest BCUT2D eigenvalue weighted by Gasteiger charge is 2.21. The highest BCUT2D eigenvalue weighted by molar-refractivity contribution is 14.0. The van der Waals surface area contributed by atoms with Crippen molar-refractivity contribution in [3.05, 3.63) is 0 Å². The molecule has 0 amide bonds. The summed E-state index contributed by atoms with van der Waals surface area (Å²) in [5.41, 5.74) is 0. The molecule has 1 heterocycles. The topological polar surface area (TPSA) is 58.1 Å². The first kappa shape index (κ1) is 25.9. The van der Waals surface area contributed by atoms with Crippen molar-refractivity contribution >= 4 is 29.9 Å². The number of nitrogens with one attached hydrogen (secondary N) is 2. The molecule has 2 N–H and O–H groups in total. The van der Waals surface area contributed by atoms with E-state index >= 15 is 0 Å². The molecule has 1 aliphatic heterocycles. The van der Waals surface area contributed by atoms with E-state index in [2.05, 4.69) is 36.3 Å². The lowest BCUT2D eigenvalue weighted by atomic mass is 10.0. The van der Waals surface area contributed by atoms with E-state index < -0.39 is 0 Å². The van der Waals surface area contributed by atoms with E-state index in [1.807, 2.05) is 6.92 Å². The van der Waals surface area contributed by atoms with Crippen LogP contribution in [0.3, 0.4) is 0 Å². The third-order valence-electron chi connectivity index (χ3n) is 4.32. The lowest BCUT2D eigenvalue weighted by Crippen LogP contribution is -2.46. The number of unbranched alkanes of at least 4 members (excludes halogenated alkanes) is 1. The molecular formula is C19H41IN4O2. The van der Waals surface area contributed by atoms with Gasteiger partial charge in [-0.2, -0.15) is 0 Å². The van der Waals surface area contributed by atoms with Gasteiger partial charge in [0.2, 0.25) is 0 Å². The van der Waals surface area contributed by atoms with Gasteiger partial charge in [0.1, 0.15) is 0 Å². The first-order valence-electron chi connectivity index (χ1n) is 10.1. The lowest BCUT2D eigenvalue weighted by Gasteiger charge is -2.34. The molecule has 0 aromatic rings. The van der Waals surface area contributed by atoms with Gasteiger partial charge >= 0.3 is 0 Å². The smallest absolute Gasteiger partial charge is 0.191 e. The van der Waals surface area contributed by atoms with E-state index in [0.29, 0.717) is 12.0 Å². The van der Waals surface area contributed by atoms with Crippen molar-refractivity contribution in [2.45, 2.75) is 53.0 Å². The second kappa shape index (κ2) is 17.0. The number of hydrogen-bond donors (Lipinski definition) is 2. The van der Waals surface area contributed by atoms with Crippen LogP contribution >= 0.6 is 24.0 Å². The normalized spacial score (nSPS) is 17.0. The Bertz CT molecular complexity index is 350. The SMILES string of the molecule is CCNC(=NCC(CC(C)C)N1CCOCC1)NCCCCOCC.I. The Kier molecular flexibility index (Phi) is 16.9. The number of aliphatic imine (C=N–C) groups is 1. The molecule has 26 heavy (non-hydrogen) atoms. The molecule has 1 saturated heterocycles. The van der Waals surface area contributed by atoms with Crippen LogP contribution in [-0.2, 0) is 9.47 Å². The molecule has 0 bridgehead atoms. The summed E-state index contributed by atoms with van der Waals surface area (Å²) in [6, 6.07) is 0.498. The number of hydrogen-bond acceptors (Lipinski definition) is 4. The first-order valence-corrected chi connectivity index (χ1v) is 10.1. The zero-order chi connectivity index (χ0) is 18.3. The molecular weight excluding hydrogens is 443 g/mol. The van der Waals surface area contributed by atoms with Crippen LogP contribution in [0.2, 0.25) is 0 Å². The molecule has 1 fully saturated rings. The van der Waals surface area contributed by atoms with Gasteiger partial charge in [0, 0.05) is 45.4 Å². The van der Waals surface area contributed by atoms with E-state index in [4.69, 9.17) is 14.5 Å². The zero-order valence-corrected chi connectivity index (χ0v) is 19.6. The fraction of sp³-hybridized carbons (Fsp3) is 0.947. The Morgan fingerprint density at radius 1 is 1.15 bits per heavy atom. The summed E-state index contributed by atoms with van der Waals surface area (Å²) in [7, 11) is 0. The van der Waals surface area contributed by atoms with Gasteiger partial charge in [-0.25, -0.2) is 0 Å². The molecule has 1 unspecified atom stereocenters. The van der Waals surface area contributed by atoms with E-state index in [-0.39, 0.29) is 24.0 Å². The predicted molar refractivity (Wildman–Crippen MR) is 121 cm³/mol. The zero-order valence-electron chi connectivity index (χ0n) is 17.3. The van der Waals surface area contributed by atoms with Crippen molar-refractivity contribution in [2.24, 2.45) is 10.9 Å². The molecule has 0 aliphatic carbocycles. The van der Waals surface area contributed by atoms with Gasteiger partial charge in [-0.1, -0.05) is 13.8 Å². The summed E-state index contributed by atoms with van der Waals surface area (Å²) in [6.45, 7) is 16.8. The minimum absolute atomic E-state index is 0. The highest BCUT2D eigenvalue weighted by atomic mass is 127. The molecule has 1 atom stereocenters. The summed E-state index contributed by atoms with van der Waals surface area (Å²) >= 11 is 0. The van der Waals surface area contributed by atoms with Crippen molar-refractivity contribution < 1.29 is 9.47 Å². The minimum Gasteiger partial charge on any atom is -0.382 e. The van der Waals surface area contributed by atoms with Crippen molar-refractivity contribution in [1.82, 2.24) is 15.5 Å². The minimum atomic E-state index is 0. The van der Waals surface area contributed by atoms with E-state index in [1.165, 1.54) is 6.42 Å². The molecule has 0 saturated carbocycles. The number of guanidine groups is 1. The molecule has 1 rings (SSSR count). The summed E-state index contributed by atoms with van der Waals surface area (Å²) in [6.07, 6.45) is 3.37. The van der Waals surface area contributed by atoms with Crippen LogP contribution < -0.4 is 10.6 Å². The Hall–Kier alpha value is -0.120. The summed E-state index contributed by atoms with van der Waals surface area (Å²) in [5.74, 6) is 1.61. The monoisotopic (exact) mass is 484 g/mol. The molecule has 156 valence electrons. The van der Waals surface area contributed by atoms with Crippen molar-refractivity contribution in [1.29, 1.82) is 0 Å². The number of nitrogens with zero attached hydrogens (tertiary/aromatic N) is 2. The Labute approximate surface area is 177 Å². The molecule has 0 radical (unpaired) electrons. The van der Waals surface area contributed by atoms with Crippen LogP contribution in [0.25, 0.3) is 0 Å². The second-order valence-electron chi connectivity index (χ2n) is 6.98. The molecule has 0 spiro atoms. The average molecular weight is 484 g/mol. The van der Waals surface area contributed by atoms with Crippen LogP contribution in [-0.4, -0.2) is 76.1 Å². The van der Waals surface area contributed by atoms with Gasteiger partial charge in [-0.15, -0.1) is 24.0 Å².